The average Bonchev–Trinajstić information content (AvgIpc) is 2.80. The van der Waals surface area contributed by atoms with Gasteiger partial charge in [0.15, 0.2) is 0 Å². The van der Waals surface area contributed by atoms with E-state index < -0.39 is 0 Å². The number of likely N-dealkylation sites (N-methyl/N-ethyl adjacent to an activating group) is 1. The van der Waals surface area contributed by atoms with Gasteiger partial charge in [-0.3, -0.25) is 0 Å². The Labute approximate surface area is 112 Å². The van der Waals surface area contributed by atoms with Gasteiger partial charge in [0.1, 0.15) is 5.82 Å². The minimum absolute atomic E-state index is 0.123. The van der Waals surface area contributed by atoms with Crippen LogP contribution in [0.15, 0.2) is 36.4 Å². The van der Waals surface area contributed by atoms with E-state index in [1.54, 1.807) is 11.3 Å². The first-order valence-corrected chi connectivity index (χ1v) is 6.85. The van der Waals surface area contributed by atoms with E-state index in [1.807, 2.05) is 19.2 Å². The summed E-state index contributed by atoms with van der Waals surface area (Å²) in [6, 6.07) is 11.0. The van der Waals surface area contributed by atoms with Crippen LogP contribution in [-0.4, -0.2) is 13.6 Å². The zero-order valence-electron chi connectivity index (χ0n) is 11.0. The molecule has 0 fully saturated rings. The first kappa shape index (κ1) is 13.2. The third-order valence-electron chi connectivity index (χ3n) is 3.02. The van der Waals surface area contributed by atoms with Crippen molar-refractivity contribution >= 4 is 11.3 Å². The fraction of sp³-hybridized carbons (Fsp3) is 0.333. The van der Waals surface area contributed by atoms with Crippen LogP contribution in [0, 0.1) is 5.82 Å². The molecule has 0 amide bonds. The molecule has 3 heteroatoms. The van der Waals surface area contributed by atoms with Crippen LogP contribution < -0.4 is 5.32 Å². The summed E-state index contributed by atoms with van der Waals surface area (Å²) in [6.07, 6.45) is 0. The van der Waals surface area contributed by atoms with Gasteiger partial charge in [-0.2, -0.15) is 0 Å². The summed E-state index contributed by atoms with van der Waals surface area (Å²) in [5.74, 6) is -0.189. The van der Waals surface area contributed by atoms with Crippen molar-refractivity contribution in [3.63, 3.8) is 0 Å². The van der Waals surface area contributed by atoms with Gasteiger partial charge in [-0.05, 0) is 36.9 Å². The first-order chi connectivity index (χ1) is 8.53. The van der Waals surface area contributed by atoms with E-state index in [9.17, 15) is 4.39 Å². The minimum atomic E-state index is -0.189. The molecular formula is C15H18FNS. The molecule has 1 N–H and O–H groups in total. The fourth-order valence-electron chi connectivity index (χ4n) is 2.00. The number of hydrogen-bond acceptors (Lipinski definition) is 2. The third kappa shape index (κ3) is 2.79. The molecule has 1 nitrogen and oxygen atoms in total. The van der Waals surface area contributed by atoms with Crippen molar-refractivity contribution in [3.05, 3.63) is 47.1 Å². The lowest BCUT2D eigenvalue weighted by molar-refractivity contribution is 0.503. The molecule has 0 spiro atoms. The highest BCUT2D eigenvalue weighted by Crippen LogP contribution is 2.34. The van der Waals surface area contributed by atoms with E-state index in [0.29, 0.717) is 0 Å². The smallest absolute Gasteiger partial charge is 0.123 e. The predicted molar refractivity (Wildman–Crippen MR) is 76.7 cm³/mol. The maximum atomic E-state index is 12.9. The van der Waals surface area contributed by atoms with E-state index in [4.69, 9.17) is 0 Å². The Bertz CT molecular complexity index is 514. The lowest BCUT2D eigenvalue weighted by Gasteiger charge is -2.22. The molecule has 18 heavy (non-hydrogen) atoms. The molecule has 0 aliphatic carbocycles. The monoisotopic (exact) mass is 263 g/mol. The number of halogens is 1. The van der Waals surface area contributed by atoms with Gasteiger partial charge in [-0.1, -0.05) is 26.0 Å². The Hall–Kier alpha value is -1.19. The normalized spacial score (nSPS) is 11.8. The number of thiophene rings is 1. The van der Waals surface area contributed by atoms with Gasteiger partial charge < -0.3 is 5.32 Å². The highest BCUT2D eigenvalue weighted by molar-refractivity contribution is 7.15. The van der Waals surface area contributed by atoms with E-state index >= 15 is 0 Å². The molecule has 1 aromatic heterocycles. The number of rotatable bonds is 4. The SMILES string of the molecule is CNCC(C)(C)c1ccc(-c2ccc(F)cc2)s1. The Kier molecular flexibility index (Phi) is 3.83. The summed E-state index contributed by atoms with van der Waals surface area (Å²) >= 11 is 1.78. The average molecular weight is 263 g/mol. The van der Waals surface area contributed by atoms with Crippen LogP contribution in [0.2, 0.25) is 0 Å². The van der Waals surface area contributed by atoms with Crippen LogP contribution in [0.4, 0.5) is 4.39 Å². The Morgan fingerprint density at radius 1 is 1.11 bits per heavy atom. The molecule has 0 unspecified atom stereocenters. The molecular weight excluding hydrogens is 245 g/mol. The molecule has 1 heterocycles. The second-order valence-electron chi connectivity index (χ2n) is 5.09. The molecule has 0 aliphatic heterocycles. The van der Waals surface area contributed by atoms with Crippen molar-refractivity contribution in [1.29, 1.82) is 0 Å². The second kappa shape index (κ2) is 5.21. The maximum absolute atomic E-state index is 12.9. The van der Waals surface area contributed by atoms with Gasteiger partial charge in [0, 0.05) is 21.7 Å². The van der Waals surface area contributed by atoms with Crippen LogP contribution in [0.25, 0.3) is 10.4 Å². The van der Waals surface area contributed by atoms with Gasteiger partial charge in [0.2, 0.25) is 0 Å². The van der Waals surface area contributed by atoms with Crippen molar-refractivity contribution in [2.75, 3.05) is 13.6 Å². The third-order valence-corrected chi connectivity index (χ3v) is 4.52. The fourth-order valence-corrected chi connectivity index (χ4v) is 3.11. The van der Waals surface area contributed by atoms with Crippen molar-refractivity contribution in [1.82, 2.24) is 5.32 Å². The zero-order chi connectivity index (χ0) is 13.2. The molecule has 2 aromatic rings. The maximum Gasteiger partial charge on any atom is 0.123 e. The lowest BCUT2D eigenvalue weighted by Crippen LogP contribution is -2.29. The predicted octanol–water partition coefficient (Wildman–Crippen LogP) is 4.05. The summed E-state index contributed by atoms with van der Waals surface area (Å²) in [6.45, 7) is 5.39. The zero-order valence-corrected chi connectivity index (χ0v) is 11.8. The Morgan fingerprint density at radius 2 is 1.78 bits per heavy atom. The van der Waals surface area contributed by atoms with Crippen LogP contribution in [-0.2, 0) is 5.41 Å². The van der Waals surface area contributed by atoms with Crippen molar-refractivity contribution < 1.29 is 4.39 Å². The Balaban J connectivity index is 2.28. The quantitative estimate of drug-likeness (QED) is 0.877. The summed E-state index contributed by atoms with van der Waals surface area (Å²) in [5, 5.41) is 3.22. The van der Waals surface area contributed by atoms with Crippen LogP contribution in [0.3, 0.4) is 0 Å². The molecule has 0 saturated heterocycles. The van der Waals surface area contributed by atoms with E-state index in [2.05, 4.69) is 31.3 Å². The highest BCUT2D eigenvalue weighted by Gasteiger charge is 2.21. The van der Waals surface area contributed by atoms with Gasteiger partial charge in [-0.25, -0.2) is 4.39 Å². The number of benzene rings is 1. The molecule has 1 aromatic carbocycles. The van der Waals surface area contributed by atoms with E-state index in [1.165, 1.54) is 21.9 Å². The Morgan fingerprint density at radius 3 is 2.39 bits per heavy atom. The molecule has 0 saturated carbocycles. The molecule has 96 valence electrons. The van der Waals surface area contributed by atoms with Crippen LogP contribution in [0.5, 0.6) is 0 Å². The van der Waals surface area contributed by atoms with Crippen LogP contribution in [0.1, 0.15) is 18.7 Å². The summed E-state index contributed by atoms with van der Waals surface area (Å²) in [5.41, 5.74) is 1.20. The van der Waals surface area contributed by atoms with Crippen molar-refractivity contribution in [3.8, 4) is 10.4 Å². The van der Waals surface area contributed by atoms with Crippen molar-refractivity contribution in [2.24, 2.45) is 0 Å². The largest absolute Gasteiger partial charge is 0.319 e. The lowest BCUT2D eigenvalue weighted by atomic mass is 9.91. The standard InChI is InChI=1S/C15H18FNS/c1-15(2,10-17-3)14-9-8-13(18-14)11-4-6-12(16)7-5-11/h4-9,17H,10H2,1-3H3. The number of hydrogen-bond donors (Lipinski definition) is 1. The van der Waals surface area contributed by atoms with Gasteiger partial charge >= 0.3 is 0 Å². The van der Waals surface area contributed by atoms with Crippen molar-refractivity contribution in [2.45, 2.75) is 19.3 Å². The number of nitrogens with one attached hydrogen (secondary N) is 1. The summed E-state index contributed by atoms with van der Waals surface area (Å²) < 4.78 is 12.9. The van der Waals surface area contributed by atoms with E-state index in [-0.39, 0.29) is 11.2 Å². The van der Waals surface area contributed by atoms with E-state index in [0.717, 1.165) is 12.1 Å². The molecule has 0 atom stereocenters. The topological polar surface area (TPSA) is 12.0 Å². The molecule has 0 bridgehead atoms. The van der Waals surface area contributed by atoms with Gasteiger partial charge in [0.25, 0.3) is 0 Å². The summed E-state index contributed by atoms with van der Waals surface area (Å²) in [7, 11) is 1.97. The first-order valence-electron chi connectivity index (χ1n) is 6.04. The molecule has 0 aliphatic rings. The molecule has 0 radical (unpaired) electrons. The molecule has 2 rings (SSSR count). The minimum Gasteiger partial charge on any atom is -0.319 e. The van der Waals surface area contributed by atoms with Gasteiger partial charge in [0.05, 0.1) is 0 Å². The van der Waals surface area contributed by atoms with Gasteiger partial charge in [-0.15, -0.1) is 11.3 Å². The summed E-state index contributed by atoms with van der Waals surface area (Å²) in [4.78, 5) is 2.53. The highest BCUT2D eigenvalue weighted by atomic mass is 32.1. The van der Waals surface area contributed by atoms with Crippen LogP contribution >= 0.6 is 11.3 Å². The second-order valence-corrected chi connectivity index (χ2v) is 6.17.